The van der Waals surface area contributed by atoms with Gasteiger partial charge in [0, 0.05) is 18.0 Å². The Hall–Kier alpha value is -1.77. The topological polar surface area (TPSA) is 23.5 Å². The van der Waals surface area contributed by atoms with E-state index in [9.17, 15) is 5.11 Å². The first kappa shape index (κ1) is 19.6. The average molecular weight is 358 g/mol. The normalized spacial score (nSPS) is 18.8. The third-order valence-electron chi connectivity index (χ3n) is 5.34. The molecule has 134 valence electrons. The minimum absolute atomic E-state index is 0. The van der Waals surface area contributed by atoms with Crippen molar-refractivity contribution in [3.05, 3.63) is 71.3 Å². The molecule has 1 N–H and O–H groups in total. The van der Waals surface area contributed by atoms with Crippen LogP contribution in [-0.4, -0.2) is 29.6 Å². The van der Waals surface area contributed by atoms with Gasteiger partial charge in [-0.05, 0) is 48.7 Å². The van der Waals surface area contributed by atoms with E-state index < -0.39 is 0 Å². The summed E-state index contributed by atoms with van der Waals surface area (Å²) in [5.41, 5.74) is 3.94. The second-order valence-electron chi connectivity index (χ2n) is 7.37. The van der Waals surface area contributed by atoms with Crippen LogP contribution in [0.5, 0.6) is 5.75 Å². The van der Waals surface area contributed by atoms with Crippen molar-refractivity contribution in [1.29, 1.82) is 0 Å². The van der Waals surface area contributed by atoms with Gasteiger partial charge in [-0.15, -0.1) is 12.4 Å². The van der Waals surface area contributed by atoms with E-state index in [1.165, 1.54) is 16.7 Å². The van der Waals surface area contributed by atoms with Gasteiger partial charge in [0.25, 0.3) is 0 Å². The van der Waals surface area contributed by atoms with Crippen LogP contribution in [0.1, 0.15) is 37.0 Å². The van der Waals surface area contributed by atoms with Crippen LogP contribution in [0, 0.1) is 0 Å². The van der Waals surface area contributed by atoms with Crippen LogP contribution in [-0.2, 0) is 11.8 Å². The zero-order chi connectivity index (χ0) is 17.2. The number of phenolic OH excluding ortho intramolecular Hbond substituents is 1. The summed E-state index contributed by atoms with van der Waals surface area (Å²) >= 11 is 0. The van der Waals surface area contributed by atoms with E-state index in [-0.39, 0.29) is 17.8 Å². The average Bonchev–Trinajstić information content (AvgIpc) is 2.56. The Bertz CT molecular complexity index is 724. The number of likely N-dealkylation sites (N-methyl/N-ethyl adjacent to an activating group) is 1. The Balaban J connectivity index is 0.00000225. The zero-order valence-electron chi connectivity index (χ0n) is 15.3. The molecule has 0 heterocycles. The van der Waals surface area contributed by atoms with Gasteiger partial charge in [-0.2, -0.15) is 0 Å². The van der Waals surface area contributed by atoms with Gasteiger partial charge in [0.05, 0.1) is 0 Å². The third-order valence-corrected chi connectivity index (χ3v) is 5.34. The maximum atomic E-state index is 9.89. The van der Waals surface area contributed by atoms with Crippen molar-refractivity contribution in [2.45, 2.75) is 38.1 Å². The Morgan fingerprint density at radius 2 is 1.88 bits per heavy atom. The van der Waals surface area contributed by atoms with Crippen molar-refractivity contribution in [1.82, 2.24) is 4.90 Å². The predicted molar refractivity (Wildman–Crippen MR) is 109 cm³/mol. The number of fused-ring (bicyclic) bond motifs is 1. The zero-order valence-corrected chi connectivity index (χ0v) is 16.1. The molecular formula is C22H28ClNO. The fraction of sp³-hybridized carbons (Fsp3) is 0.364. The molecule has 3 rings (SSSR count). The highest BCUT2D eigenvalue weighted by atomic mass is 35.5. The number of rotatable bonds is 4. The quantitative estimate of drug-likeness (QED) is 0.827. The van der Waals surface area contributed by atoms with Crippen molar-refractivity contribution in [3.63, 3.8) is 0 Å². The van der Waals surface area contributed by atoms with E-state index in [1.807, 2.05) is 18.2 Å². The largest absolute Gasteiger partial charge is 0.508 e. The van der Waals surface area contributed by atoms with Gasteiger partial charge in [0.1, 0.15) is 5.75 Å². The van der Waals surface area contributed by atoms with Gasteiger partial charge in [-0.1, -0.05) is 62.4 Å². The van der Waals surface area contributed by atoms with Crippen molar-refractivity contribution in [3.8, 4) is 5.75 Å². The summed E-state index contributed by atoms with van der Waals surface area (Å²) in [4.78, 5) is 2.44. The molecule has 0 bridgehead atoms. The number of benzene rings is 2. The lowest BCUT2D eigenvalue weighted by atomic mass is 9.68. The fourth-order valence-corrected chi connectivity index (χ4v) is 4.03. The maximum Gasteiger partial charge on any atom is 0.115 e. The predicted octanol–water partition coefficient (Wildman–Crippen LogP) is 5.05. The van der Waals surface area contributed by atoms with Crippen LogP contribution in [0.15, 0.2) is 54.6 Å². The molecule has 0 spiro atoms. The van der Waals surface area contributed by atoms with Crippen LogP contribution in [0.3, 0.4) is 0 Å². The van der Waals surface area contributed by atoms with Gasteiger partial charge in [-0.25, -0.2) is 0 Å². The molecule has 1 unspecified atom stereocenters. The minimum atomic E-state index is 0. The lowest BCUT2D eigenvalue weighted by Crippen LogP contribution is -2.48. The molecule has 0 saturated carbocycles. The van der Waals surface area contributed by atoms with Crippen LogP contribution < -0.4 is 0 Å². The molecule has 2 aromatic rings. The van der Waals surface area contributed by atoms with Crippen molar-refractivity contribution < 1.29 is 5.11 Å². The molecule has 0 aliphatic heterocycles. The standard InChI is InChI=1S/C22H27NO.ClH/c1-22(2)20-16-19(24)13-11-18(20)12-14-21(22)23(3)15-7-10-17-8-5-4-6-9-17;/h4-11,13,16,21,24H,12,14-15H2,1-3H3;1H/b10-7+;. The van der Waals surface area contributed by atoms with Gasteiger partial charge in [0.15, 0.2) is 0 Å². The molecule has 1 aliphatic carbocycles. The molecule has 1 atom stereocenters. The lowest BCUT2D eigenvalue weighted by Gasteiger charge is -2.45. The summed E-state index contributed by atoms with van der Waals surface area (Å²) in [5.74, 6) is 0.370. The van der Waals surface area contributed by atoms with Crippen LogP contribution in [0.4, 0.5) is 0 Å². The molecule has 0 amide bonds. The van der Waals surface area contributed by atoms with Crippen molar-refractivity contribution >= 4 is 18.5 Å². The Kier molecular flexibility index (Phi) is 6.31. The molecule has 0 aromatic heterocycles. The highest BCUT2D eigenvalue weighted by Crippen LogP contribution is 2.40. The van der Waals surface area contributed by atoms with Crippen molar-refractivity contribution in [2.24, 2.45) is 0 Å². The Morgan fingerprint density at radius 1 is 1.16 bits per heavy atom. The summed E-state index contributed by atoms with van der Waals surface area (Å²) in [6.07, 6.45) is 6.66. The minimum Gasteiger partial charge on any atom is -0.508 e. The lowest BCUT2D eigenvalue weighted by molar-refractivity contribution is 0.159. The van der Waals surface area contributed by atoms with E-state index in [2.05, 4.69) is 68.3 Å². The van der Waals surface area contributed by atoms with Gasteiger partial charge < -0.3 is 5.11 Å². The monoisotopic (exact) mass is 357 g/mol. The molecule has 0 saturated heterocycles. The van der Waals surface area contributed by atoms with Crippen LogP contribution in [0.2, 0.25) is 0 Å². The Labute approximate surface area is 157 Å². The second-order valence-corrected chi connectivity index (χ2v) is 7.37. The molecule has 2 aromatic carbocycles. The molecule has 0 fully saturated rings. The van der Waals surface area contributed by atoms with Gasteiger partial charge in [0.2, 0.25) is 0 Å². The summed E-state index contributed by atoms with van der Waals surface area (Å²) in [6.45, 7) is 5.52. The number of phenols is 1. The first-order chi connectivity index (χ1) is 11.5. The summed E-state index contributed by atoms with van der Waals surface area (Å²) in [5, 5.41) is 9.89. The third kappa shape index (κ3) is 4.26. The van der Waals surface area contributed by atoms with E-state index in [1.54, 1.807) is 0 Å². The smallest absolute Gasteiger partial charge is 0.115 e. The second kappa shape index (κ2) is 8.07. The SMILES string of the molecule is CN(C/C=C/c1ccccc1)C1CCc2ccc(O)cc2C1(C)C.Cl. The molecule has 1 aliphatic rings. The molecule has 3 heteroatoms. The van der Waals surface area contributed by atoms with Gasteiger partial charge >= 0.3 is 0 Å². The number of hydrogen-bond donors (Lipinski definition) is 1. The molecule has 0 radical (unpaired) electrons. The van der Waals surface area contributed by atoms with E-state index in [4.69, 9.17) is 0 Å². The summed E-state index contributed by atoms with van der Waals surface area (Å²) < 4.78 is 0. The first-order valence-electron chi connectivity index (χ1n) is 8.72. The van der Waals surface area contributed by atoms with Crippen LogP contribution >= 0.6 is 12.4 Å². The molecule has 2 nitrogen and oxygen atoms in total. The van der Waals surface area contributed by atoms with E-state index >= 15 is 0 Å². The molecule has 25 heavy (non-hydrogen) atoms. The van der Waals surface area contributed by atoms with E-state index in [0.717, 1.165) is 19.4 Å². The summed E-state index contributed by atoms with van der Waals surface area (Å²) in [7, 11) is 2.20. The van der Waals surface area contributed by atoms with Gasteiger partial charge in [-0.3, -0.25) is 4.90 Å². The number of hydrogen-bond acceptors (Lipinski definition) is 2. The number of aromatic hydroxyl groups is 1. The van der Waals surface area contributed by atoms with Crippen LogP contribution in [0.25, 0.3) is 6.08 Å². The fourth-order valence-electron chi connectivity index (χ4n) is 4.03. The highest BCUT2D eigenvalue weighted by molar-refractivity contribution is 5.85. The number of halogens is 1. The van der Waals surface area contributed by atoms with Crippen molar-refractivity contribution in [2.75, 3.05) is 13.6 Å². The van der Waals surface area contributed by atoms with E-state index in [0.29, 0.717) is 11.8 Å². The summed E-state index contributed by atoms with van der Waals surface area (Å²) in [6, 6.07) is 16.7. The number of aryl methyl sites for hydroxylation is 1. The molecular weight excluding hydrogens is 330 g/mol. The maximum absolute atomic E-state index is 9.89. The highest BCUT2D eigenvalue weighted by Gasteiger charge is 2.38. The number of nitrogens with zero attached hydrogens (tertiary/aromatic N) is 1. The Morgan fingerprint density at radius 3 is 2.60 bits per heavy atom. The first-order valence-corrected chi connectivity index (χ1v) is 8.72.